The molecule has 0 saturated carbocycles. The first-order valence-corrected chi connectivity index (χ1v) is 13.9. The van der Waals surface area contributed by atoms with E-state index in [-0.39, 0.29) is 0 Å². The Morgan fingerprint density at radius 1 is 1.00 bits per heavy atom. The van der Waals surface area contributed by atoms with Gasteiger partial charge in [-0.1, -0.05) is 98.5 Å². The monoisotopic (exact) mass is 424 g/mol. The molecule has 0 spiro atoms. The van der Waals surface area contributed by atoms with Crippen LogP contribution in [0.25, 0.3) is 0 Å². The zero-order valence-electron chi connectivity index (χ0n) is 19.5. The predicted octanol–water partition coefficient (Wildman–Crippen LogP) is 5.84. The van der Waals surface area contributed by atoms with Crippen molar-refractivity contribution in [1.29, 1.82) is 0 Å². The van der Waals surface area contributed by atoms with E-state index in [0.29, 0.717) is 0 Å². The number of aliphatic hydroxyl groups is 1. The average Bonchev–Trinajstić information content (AvgIpc) is 2.74. The lowest BCUT2D eigenvalue weighted by molar-refractivity contribution is -0.0547. The number of hydrogen-bond acceptors (Lipinski definition) is 2. The maximum absolute atomic E-state index is 11.3. The van der Waals surface area contributed by atoms with Crippen molar-refractivity contribution in [3.8, 4) is 0 Å². The van der Waals surface area contributed by atoms with Gasteiger partial charge in [0.1, 0.15) is 0 Å². The quantitative estimate of drug-likeness (QED) is 0.263. The highest BCUT2D eigenvalue weighted by Crippen LogP contribution is 2.30. The molecule has 2 nitrogen and oxygen atoms in total. The second-order valence-corrected chi connectivity index (χ2v) is 12.4. The van der Waals surface area contributed by atoms with E-state index in [9.17, 15) is 5.11 Å². The first-order chi connectivity index (χ1) is 14.3. The number of unbranched alkanes of at least 4 members (excludes halogenated alkanes) is 2. The van der Waals surface area contributed by atoms with E-state index in [1.807, 2.05) is 0 Å². The molecule has 0 bridgehead atoms. The molecule has 0 amide bonds. The minimum Gasteiger partial charge on any atom is -0.400 e. The lowest BCUT2D eigenvalue weighted by Crippen LogP contribution is -2.64. The molecule has 0 aliphatic carbocycles. The first kappa shape index (κ1) is 24.6. The lowest BCUT2D eigenvalue weighted by Gasteiger charge is -2.43. The van der Waals surface area contributed by atoms with Gasteiger partial charge < -0.3 is 9.53 Å². The second kappa shape index (κ2) is 11.6. The molecule has 2 atom stereocenters. The summed E-state index contributed by atoms with van der Waals surface area (Å²) in [6, 6.07) is 21.2. The Morgan fingerprint density at radius 2 is 1.53 bits per heavy atom. The van der Waals surface area contributed by atoms with E-state index in [4.69, 9.17) is 4.43 Å². The van der Waals surface area contributed by atoms with Crippen molar-refractivity contribution in [1.82, 2.24) is 0 Å². The van der Waals surface area contributed by atoms with Crippen LogP contribution in [-0.2, 0) is 4.43 Å². The largest absolute Gasteiger partial charge is 0.400 e. The number of allylic oxidation sites excluding steroid dienone is 2. The summed E-state index contributed by atoms with van der Waals surface area (Å²) in [4.78, 5) is 0. The molecule has 3 heteroatoms. The number of benzene rings is 2. The molecule has 0 heterocycles. The Bertz CT molecular complexity index is 728. The van der Waals surface area contributed by atoms with Gasteiger partial charge >= 0.3 is 0 Å². The molecule has 2 aromatic rings. The van der Waals surface area contributed by atoms with Crippen LogP contribution >= 0.6 is 0 Å². The van der Waals surface area contributed by atoms with Gasteiger partial charge in [0.2, 0.25) is 0 Å². The Kier molecular flexibility index (Phi) is 9.54. The Labute approximate surface area is 185 Å². The lowest BCUT2D eigenvalue weighted by atomic mass is 9.89. The predicted molar refractivity (Wildman–Crippen MR) is 132 cm³/mol. The minimum absolute atomic E-state index is 0.478. The molecular weight excluding hydrogens is 384 g/mol. The number of hydrogen-bond donors (Lipinski definition) is 1. The van der Waals surface area contributed by atoms with Crippen molar-refractivity contribution in [2.24, 2.45) is 0 Å². The molecule has 0 radical (unpaired) electrons. The summed E-state index contributed by atoms with van der Waals surface area (Å²) in [7, 11) is -2.51. The molecule has 30 heavy (non-hydrogen) atoms. The summed E-state index contributed by atoms with van der Waals surface area (Å²) < 4.78 is 7.13. The third-order valence-electron chi connectivity index (χ3n) is 6.07. The van der Waals surface area contributed by atoms with Gasteiger partial charge in [-0.25, -0.2) is 0 Å². The van der Waals surface area contributed by atoms with Gasteiger partial charge in [-0.15, -0.1) is 0 Å². The van der Waals surface area contributed by atoms with Crippen molar-refractivity contribution in [3.05, 3.63) is 72.3 Å². The van der Waals surface area contributed by atoms with Gasteiger partial charge in [0.25, 0.3) is 8.32 Å². The van der Waals surface area contributed by atoms with Gasteiger partial charge in [0.15, 0.2) is 0 Å². The fourth-order valence-electron chi connectivity index (χ4n) is 4.09. The summed E-state index contributed by atoms with van der Waals surface area (Å²) in [6.45, 7) is 10.9. The van der Waals surface area contributed by atoms with Gasteiger partial charge in [0.05, 0.1) is 11.7 Å². The van der Waals surface area contributed by atoms with Crippen LogP contribution in [0, 0.1) is 0 Å². The highest BCUT2D eigenvalue weighted by Gasteiger charge is 2.44. The van der Waals surface area contributed by atoms with Crippen LogP contribution in [-0.4, -0.2) is 25.1 Å². The maximum atomic E-state index is 11.3. The van der Waals surface area contributed by atoms with Crippen LogP contribution < -0.4 is 10.4 Å². The Balaban J connectivity index is 2.42. The highest BCUT2D eigenvalue weighted by molar-refractivity contribution is 6.96. The van der Waals surface area contributed by atoms with E-state index >= 15 is 0 Å². The zero-order valence-corrected chi connectivity index (χ0v) is 20.5. The SMILES string of the molecule is CCCCC[C@@H](O)[C@](C)(CCC=C(C)C)O[Si](C)(c1ccccc1)c1ccccc1. The van der Waals surface area contributed by atoms with E-state index in [2.05, 4.69) is 101 Å². The summed E-state index contributed by atoms with van der Waals surface area (Å²) in [5.74, 6) is 0. The molecule has 1 N–H and O–H groups in total. The maximum Gasteiger partial charge on any atom is 0.253 e. The van der Waals surface area contributed by atoms with Crippen molar-refractivity contribution < 1.29 is 9.53 Å². The molecule has 0 aromatic heterocycles. The van der Waals surface area contributed by atoms with E-state index in [1.54, 1.807) is 0 Å². The molecule has 0 aliphatic rings. The second-order valence-electron chi connectivity index (χ2n) is 9.01. The van der Waals surface area contributed by atoms with E-state index < -0.39 is 20.0 Å². The minimum atomic E-state index is -2.51. The summed E-state index contributed by atoms with van der Waals surface area (Å²) in [5.41, 5.74) is 0.718. The summed E-state index contributed by atoms with van der Waals surface area (Å²) in [5, 5.41) is 13.8. The zero-order chi connectivity index (χ0) is 22.0. The third-order valence-corrected chi connectivity index (χ3v) is 9.81. The van der Waals surface area contributed by atoms with Crippen LogP contribution in [0.15, 0.2) is 72.3 Å². The van der Waals surface area contributed by atoms with Crippen molar-refractivity contribution >= 4 is 18.7 Å². The summed E-state index contributed by atoms with van der Waals surface area (Å²) in [6.07, 6.45) is 7.63. The van der Waals surface area contributed by atoms with Crippen LogP contribution in [0.2, 0.25) is 6.55 Å². The number of aliphatic hydroxyl groups excluding tert-OH is 1. The standard InChI is InChI=1S/C27H40O2Si/c1-6-7-10-21-26(28)27(4,22-15-16-23(2)3)29-30(5,24-17-11-8-12-18-24)25-19-13-9-14-20-25/h8-9,11-14,16-20,26,28H,6-7,10,15,21-22H2,1-5H3/t26-,27+/m1/s1. The first-order valence-electron chi connectivity index (χ1n) is 11.4. The Hall–Kier alpha value is -1.68. The van der Waals surface area contributed by atoms with Crippen LogP contribution in [0.3, 0.4) is 0 Å². The van der Waals surface area contributed by atoms with Gasteiger partial charge in [-0.2, -0.15) is 0 Å². The fourth-order valence-corrected chi connectivity index (χ4v) is 7.49. The average molecular weight is 425 g/mol. The van der Waals surface area contributed by atoms with Gasteiger partial charge in [0, 0.05) is 0 Å². The topological polar surface area (TPSA) is 29.5 Å². The summed E-state index contributed by atoms with van der Waals surface area (Å²) >= 11 is 0. The fraction of sp³-hybridized carbons (Fsp3) is 0.481. The van der Waals surface area contributed by atoms with Crippen molar-refractivity contribution in [2.45, 2.75) is 84.5 Å². The van der Waals surface area contributed by atoms with Crippen LogP contribution in [0.1, 0.15) is 66.2 Å². The van der Waals surface area contributed by atoms with Crippen molar-refractivity contribution in [3.63, 3.8) is 0 Å². The molecular formula is C27H40O2Si. The molecule has 2 aromatic carbocycles. The van der Waals surface area contributed by atoms with Crippen LogP contribution in [0.5, 0.6) is 0 Å². The van der Waals surface area contributed by atoms with E-state index in [1.165, 1.54) is 15.9 Å². The smallest absolute Gasteiger partial charge is 0.253 e. The van der Waals surface area contributed by atoms with Crippen LogP contribution in [0.4, 0.5) is 0 Å². The molecule has 0 saturated heterocycles. The molecule has 164 valence electrons. The number of rotatable bonds is 12. The molecule has 0 unspecified atom stereocenters. The molecule has 0 fully saturated rings. The van der Waals surface area contributed by atoms with Gasteiger partial charge in [-0.3, -0.25) is 0 Å². The van der Waals surface area contributed by atoms with Gasteiger partial charge in [-0.05, 0) is 57.0 Å². The van der Waals surface area contributed by atoms with Crippen molar-refractivity contribution in [2.75, 3.05) is 0 Å². The molecule has 2 rings (SSSR count). The Morgan fingerprint density at radius 3 is 2.00 bits per heavy atom. The molecule has 0 aliphatic heterocycles. The highest BCUT2D eigenvalue weighted by atomic mass is 28.4. The third kappa shape index (κ3) is 6.66. The van der Waals surface area contributed by atoms with E-state index in [0.717, 1.165) is 38.5 Å². The normalized spacial score (nSPS) is 14.7.